The first-order valence-corrected chi connectivity index (χ1v) is 7.99. The fourth-order valence-electron chi connectivity index (χ4n) is 2.67. The van der Waals surface area contributed by atoms with Gasteiger partial charge in [-0.15, -0.1) is 0 Å². The zero-order chi connectivity index (χ0) is 15.0. The van der Waals surface area contributed by atoms with Crippen LogP contribution >= 0.6 is 15.9 Å². The number of carbonyl (C=O) groups excluding carboxylic acids is 1. The van der Waals surface area contributed by atoms with Gasteiger partial charge in [-0.05, 0) is 47.3 Å². The Morgan fingerprint density at radius 2 is 2.19 bits per heavy atom. The van der Waals surface area contributed by atoms with E-state index in [1.54, 1.807) is 0 Å². The molecule has 114 valence electrons. The van der Waals surface area contributed by atoms with Crippen molar-refractivity contribution in [3.05, 3.63) is 28.0 Å². The minimum atomic E-state index is -0.513. The van der Waals surface area contributed by atoms with Gasteiger partial charge in [-0.25, -0.2) is 4.39 Å². The van der Waals surface area contributed by atoms with Gasteiger partial charge in [-0.3, -0.25) is 4.79 Å². The Labute approximate surface area is 131 Å². The van der Waals surface area contributed by atoms with E-state index in [0.29, 0.717) is 35.1 Å². The zero-order valence-corrected chi connectivity index (χ0v) is 13.2. The van der Waals surface area contributed by atoms with Crippen LogP contribution < -0.4 is 5.73 Å². The summed E-state index contributed by atoms with van der Waals surface area (Å²) in [5, 5.41) is 0. The van der Waals surface area contributed by atoms with Crippen LogP contribution in [0.1, 0.15) is 29.6 Å². The van der Waals surface area contributed by atoms with Crippen LogP contribution in [0, 0.1) is 11.7 Å². The van der Waals surface area contributed by atoms with Crippen molar-refractivity contribution in [2.75, 3.05) is 25.5 Å². The summed E-state index contributed by atoms with van der Waals surface area (Å²) in [7, 11) is 0. The van der Waals surface area contributed by atoms with Crippen LogP contribution in [0.15, 0.2) is 16.6 Å². The smallest absolute Gasteiger partial charge is 0.255 e. The van der Waals surface area contributed by atoms with E-state index >= 15 is 0 Å². The average Bonchev–Trinajstić information content (AvgIpc) is 3.16. The monoisotopic (exact) mass is 356 g/mol. The second-order valence-corrected chi connectivity index (χ2v) is 6.63. The molecule has 4 nitrogen and oxygen atoms in total. The summed E-state index contributed by atoms with van der Waals surface area (Å²) in [6, 6.07) is 2.98. The van der Waals surface area contributed by atoms with E-state index in [9.17, 15) is 9.18 Å². The van der Waals surface area contributed by atoms with Crippen LogP contribution in [0.3, 0.4) is 0 Å². The van der Waals surface area contributed by atoms with E-state index in [-0.39, 0.29) is 11.6 Å². The maximum absolute atomic E-state index is 13.4. The molecule has 1 unspecified atom stereocenters. The normalized spacial score (nSPS) is 21.5. The Kier molecular flexibility index (Phi) is 4.17. The fraction of sp³-hybridized carbons (Fsp3) is 0.533. The number of nitrogen functional groups attached to an aromatic ring is 1. The lowest BCUT2D eigenvalue weighted by atomic mass is 10.1. The van der Waals surface area contributed by atoms with Crippen molar-refractivity contribution in [3.8, 4) is 0 Å². The van der Waals surface area contributed by atoms with Crippen molar-refractivity contribution in [1.82, 2.24) is 4.90 Å². The first-order chi connectivity index (χ1) is 10.1. The SMILES string of the molecule is Nc1cc(C(=O)N(CC2CCOC2)C2CC2)c(Br)cc1F. The molecule has 1 aromatic carbocycles. The van der Waals surface area contributed by atoms with E-state index in [1.165, 1.54) is 12.1 Å². The van der Waals surface area contributed by atoms with Crippen LogP contribution in [-0.4, -0.2) is 36.6 Å². The van der Waals surface area contributed by atoms with Gasteiger partial charge < -0.3 is 15.4 Å². The molecule has 1 atom stereocenters. The number of carbonyl (C=O) groups is 1. The number of nitrogens with zero attached hydrogens (tertiary/aromatic N) is 1. The van der Waals surface area contributed by atoms with Gasteiger partial charge in [0.05, 0.1) is 17.9 Å². The summed E-state index contributed by atoms with van der Waals surface area (Å²) in [6.07, 6.45) is 3.06. The molecule has 1 aliphatic heterocycles. The van der Waals surface area contributed by atoms with Gasteiger partial charge in [-0.2, -0.15) is 0 Å². The lowest BCUT2D eigenvalue weighted by molar-refractivity contribution is 0.0705. The van der Waals surface area contributed by atoms with Gasteiger partial charge in [0.15, 0.2) is 0 Å². The maximum atomic E-state index is 13.4. The predicted molar refractivity (Wildman–Crippen MR) is 81.5 cm³/mol. The number of anilines is 1. The minimum absolute atomic E-state index is 0.00139. The molecule has 0 bridgehead atoms. The van der Waals surface area contributed by atoms with Crippen molar-refractivity contribution in [2.24, 2.45) is 5.92 Å². The highest BCUT2D eigenvalue weighted by molar-refractivity contribution is 9.10. The second-order valence-electron chi connectivity index (χ2n) is 5.77. The Morgan fingerprint density at radius 3 is 2.81 bits per heavy atom. The van der Waals surface area contributed by atoms with Crippen LogP contribution in [-0.2, 0) is 4.74 Å². The minimum Gasteiger partial charge on any atom is -0.396 e. The molecule has 1 aliphatic carbocycles. The van der Waals surface area contributed by atoms with Gasteiger partial charge in [0, 0.05) is 29.6 Å². The highest BCUT2D eigenvalue weighted by Crippen LogP contribution is 2.32. The molecule has 1 heterocycles. The molecule has 0 spiro atoms. The van der Waals surface area contributed by atoms with Crippen LogP contribution in [0.5, 0.6) is 0 Å². The molecule has 1 aromatic rings. The van der Waals surface area contributed by atoms with Gasteiger partial charge in [0.1, 0.15) is 5.82 Å². The predicted octanol–water partition coefficient (Wildman–Crippen LogP) is 2.81. The number of hydrogen-bond acceptors (Lipinski definition) is 3. The molecule has 2 N–H and O–H groups in total. The number of nitrogens with two attached hydrogens (primary N) is 1. The summed E-state index contributed by atoms with van der Waals surface area (Å²) in [5.41, 5.74) is 6.03. The summed E-state index contributed by atoms with van der Waals surface area (Å²) in [5.74, 6) is -0.199. The number of ether oxygens (including phenoxy) is 1. The van der Waals surface area contributed by atoms with E-state index in [4.69, 9.17) is 10.5 Å². The van der Waals surface area contributed by atoms with E-state index in [2.05, 4.69) is 15.9 Å². The third kappa shape index (κ3) is 3.21. The molecule has 6 heteroatoms. The first kappa shape index (κ1) is 14.8. The molecule has 2 aliphatic rings. The summed E-state index contributed by atoms with van der Waals surface area (Å²) in [6.45, 7) is 2.18. The lowest BCUT2D eigenvalue weighted by Gasteiger charge is -2.26. The van der Waals surface area contributed by atoms with Crippen molar-refractivity contribution >= 4 is 27.5 Å². The van der Waals surface area contributed by atoms with Crippen LogP contribution in [0.4, 0.5) is 10.1 Å². The third-order valence-electron chi connectivity index (χ3n) is 4.04. The Hall–Kier alpha value is -1.14. The van der Waals surface area contributed by atoms with E-state index in [0.717, 1.165) is 25.9 Å². The molecule has 0 aromatic heterocycles. The molecule has 1 saturated carbocycles. The van der Waals surface area contributed by atoms with E-state index in [1.807, 2.05) is 4.90 Å². The Balaban J connectivity index is 1.82. The highest BCUT2D eigenvalue weighted by Gasteiger charge is 2.36. The molecule has 3 rings (SSSR count). The van der Waals surface area contributed by atoms with Crippen molar-refractivity contribution in [1.29, 1.82) is 0 Å². The first-order valence-electron chi connectivity index (χ1n) is 7.19. The fourth-order valence-corrected chi connectivity index (χ4v) is 3.16. The Bertz CT molecular complexity index is 557. The largest absolute Gasteiger partial charge is 0.396 e. The molecule has 0 radical (unpaired) electrons. The number of rotatable bonds is 4. The second kappa shape index (κ2) is 5.93. The molecular formula is C15H18BrFN2O2. The van der Waals surface area contributed by atoms with Gasteiger partial charge in [0.2, 0.25) is 0 Å². The zero-order valence-electron chi connectivity index (χ0n) is 11.6. The molecule has 1 saturated heterocycles. The van der Waals surface area contributed by atoms with Crippen molar-refractivity contribution in [2.45, 2.75) is 25.3 Å². The van der Waals surface area contributed by atoms with Gasteiger partial charge in [-0.1, -0.05) is 0 Å². The molecular weight excluding hydrogens is 339 g/mol. The average molecular weight is 357 g/mol. The van der Waals surface area contributed by atoms with Crippen molar-refractivity contribution in [3.63, 3.8) is 0 Å². The topological polar surface area (TPSA) is 55.6 Å². The summed E-state index contributed by atoms with van der Waals surface area (Å²) < 4.78 is 19.3. The molecule has 21 heavy (non-hydrogen) atoms. The number of amides is 1. The van der Waals surface area contributed by atoms with Gasteiger partial charge >= 0.3 is 0 Å². The number of hydrogen-bond donors (Lipinski definition) is 1. The third-order valence-corrected chi connectivity index (χ3v) is 4.70. The van der Waals surface area contributed by atoms with Crippen LogP contribution in [0.25, 0.3) is 0 Å². The lowest BCUT2D eigenvalue weighted by Crippen LogP contribution is -2.37. The standard InChI is InChI=1S/C15H18BrFN2O2/c16-12-6-13(17)14(18)5-11(12)15(20)19(10-1-2-10)7-9-3-4-21-8-9/h5-6,9-10H,1-4,7-8,18H2. The van der Waals surface area contributed by atoms with Crippen LogP contribution in [0.2, 0.25) is 0 Å². The summed E-state index contributed by atoms with van der Waals surface area (Å²) in [4.78, 5) is 14.7. The summed E-state index contributed by atoms with van der Waals surface area (Å²) >= 11 is 3.26. The van der Waals surface area contributed by atoms with Crippen molar-refractivity contribution < 1.29 is 13.9 Å². The Morgan fingerprint density at radius 1 is 1.43 bits per heavy atom. The molecule has 1 amide bonds. The number of benzene rings is 1. The van der Waals surface area contributed by atoms with Gasteiger partial charge in [0.25, 0.3) is 5.91 Å². The molecule has 2 fully saturated rings. The maximum Gasteiger partial charge on any atom is 0.255 e. The highest BCUT2D eigenvalue weighted by atomic mass is 79.9. The number of halogens is 2. The quantitative estimate of drug-likeness (QED) is 0.844. The van der Waals surface area contributed by atoms with E-state index < -0.39 is 5.82 Å².